The molecule has 1 aliphatic heterocycles. The summed E-state index contributed by atoms with van der Waals surface area (Å²) in [6.45, 7) is 1.54. The molecule has 4 rings (SSSR count). The average molecular weight is 295 g/mol. The first-order chi connectivity index (χ1) is 10.8. The minimum absolute atomic E-state index is 0.175. The first-order valence-corrected chi connectivity index (χ1v) is 7.48. The average Bonchev–Trinajstić information content (AvgIpc) is 3.26. The van der Waals surface area contributed by atoms with Crippen LogP contribution in [0.25, 0.3) is 10.9 Å². The third-order valence-electron chi connectivity index (χ3n) is 4.28. The second-order valence-corrected chi connectivity index (χ2v) is 5.74. The molecule has 112 valence electrons. The van der Waals surface area contributed by atoms with Gasteiger partial charge in [-0.05, 0) is 24.1 Å². The third-order valence-corrected chi connectivity index (χ3v) is 4.28. The zero-order chi connectivity index (χ0) is 14.9. The van der Waals surface area contributed by atoms with E-state index in [2.05, 4.69) is 15.3 Å². The quantitative estimate of drug-likeness (QED) is 0.801. The number of hydrogen-bond acceptors (Lipinski definition) is 3. The molecule has 6 nitrogen and oxygen atoms in total. The van der Waals surface area contributed by atoms with Crippen molar-refractivity contribution in [3.8, 4) is 0 Å². The second-order valence-electron chi connectivity index (χ2n) is 5.74. The number of aromatic nitrogens is 4. The van der Waals surface area contributed by atoms with Gasteiger partial charge in [-0.15, -0.1) is 0 Å². The number of benzene rings is 1. The van der Waals surface area contributed by atoms with E-state index in [1.54, 1.807) is 12.4 Å². The van der Waals surface area contributed by atoms with Crippen LogP contribution in [0.3, 0.4) is 0 Å². The molecule has 1 saturated heterocycles. The number of nitrogens with one attached hydrogen (secondary N) is 1. The summed E-state index contributed by atoms with van der Waals surface area (Å²) in [5, 5.41) is 12.3. The molecule has 0 saturated carbocycles. The largest absolute Gasteiger partial charge is 0.340 e. The summed E-state index contributed by atoms with van der Waals surface area (Å²) >= 11 is 0. The molecule has 0 aliphatic carbocycles. The van der Waals surface area contributed by atoms with Crippen molar-refractivity contribution in [3.63, 3.8) is 0 Å². The monoisotopic (exact) mass is 295 g/mol. The van der Waals surface area contributed by atoms with Crippen LogP contribution in [0.5, 0.6) is 0 Å². The predicted molar refractivity (Wildman–Crippen MR) is 82.3 cm³/mol. The van der Waals surface area contributed by atoms with Crippen molar-refractivity contribution < 1.29 is 4.79 Å². The van der Waals surface area contributed by atoms with Crippen LogP contribution >= 0.6 is 0 Å². The highest BCUT2D eigenvalue weighted by Gasteiger charge is 2.27. The molecule has 0 spiro atoms. The van der Waals surface area contributed by atoms with Crippen LogP contribution in [0.1, 0.15) is 18.0 Å². The number of hydrogen-bond donors (Lipinski definition) is 1. The summed E-state index contributed by atoms with van der Waals surface area (Å²) in [6, 6.07) is 8.22. The SMILES string of the molecule is O=C(Cc1ccc2cn[nH]c2c1)N1CC[C@H](n2cccn2)C1. The van der Waals surface area contributed by atoms with Gasteiger partial charge in [-0.3, -0.25) is 14.6 Å². The molecule has 22 heavy (non-hydrogen) atoms. The number of fused-ring (bicyclic) bond motifs is 1. The van der Waals surface area contributed by atoms with Gasteiger partial charge < -0.3 is 4.90 Å². The molecule has 1 aromatic carbocycles. The fourth-order valence-electron chi connectivity index (χ4n) is 3.06. The number of likely N-dealkylation sites (tertiary alicyclic amines) is 1. The Balaban J connectivity index is 1.44. The molecule has 1 fully saturated rings. The normalized spacial score (nSPS) is 18.2. The van der Waals surface area contributed by atoms with Crippen molar-refractivity contribution in [1.29, 1.82) is 0 Å². The van der Waals surface area contributed by atoms with Gasteiger partial charge in [0.15, 0.2) is 0 Å². The highest BCUT2D eigenvalue weighted by atomic mass is 16.2. The summed E-state index contributed by atoms with van der Waals surface area (Å²) in [5.74, 6) is 0.175. The van der Waals surface area contributed by atoms with Crippen molar-refractivity contribution in [3.05, 3.63) is 48.4 Å². The maximum atomic E-state index is 12.5. The number of H-pyrrole nitrogens is 1. The van der Waals surface area contributed by atoms with Gasteiger partial charge in [-0.25, -0.2) is 0 Å². The number of amides is 1. The minimum Gasteiger partial charge on any atom is -0.340 e. The van der Waals surface area contributed by atoms with E-state index in [-0.39, 0.29) is 5.91 Å². The van der Waals surface area contributed by atoms with Crippen molar-refractivity contribution in [1.82, 2.24) is 24.9 Å². The Kier molecular flexibility index (Phi) is 3.14. The maximum Gasteiger partial charge on any atom is 0.227 e. The second kappa shape index (κ2) is 5.29. The zero-order valence-corrected chi connectivity index (χ0v) is 12.1. The summed E-state index contributed by atoms with van der Waals surface area (Å²) < 4.78 is 1.95. The molecule has 3 aromatic rings. The lowest BCUT2D eigenvalue weighted by molar-refractivity contribution is -0.129. The van der Waals surface area contributed by atoms with E-state index in [0.29, 0.717) is 12.5 Å². The zero-order valence-electron chi connectivity index (χ0n) is 12.1. The van der Waals surface area contributed by atoms with E-state index in [1.807, 2.05) is 40.0 Å². The molecule has 1 aliphatic rings. The number of rotatable bonds is 3. The molecule has 0 unspecified atom stereocenters. The van der Waals surface area contributed by atoms with Crippen LogP contribution in [-0.2, 0) is 11.2 Å². The predicted octanol–water partition coefficient (Wildman–Crippen LogP) is 1.78. The molecule has 3 heterocycles. The van der Waals surface area contributed by atoms with Gasteiger partial charge in [0.05, 0.1) is 24.2 Å². The van der Waals surface area contributed by atoms with Crippen LogP contribution in [0, 0.1) is 0 Å². The van der Waals surface area contributed by atoms with Crippen LogP contribution in [-0.4, -0.2) is 43.9 Å². The lowest BCUT2D eigenvalue weighted by Crippen LogP contribution is -2.30. The lowest BCUT2D eigenvalue weighted by Gasteiger charge is -2.16. The van der Waals surface area contributed by atoms with Crippen LogP contribution in [0.4, 0.5) is 0 Å². The Labute approximate surface area is 127 Å². The van der Waals surface area contributed by atoms with E-state index >= 15 is 0 Å². The summed E-state index contributed by atoms with van der Waals surface area (Å²) in [5.41, 5.74) is 1.99. The maximum absolute atomic E-state index is 12.5. The Morgan fingerprint density at radius 1 is 1.41 bits per heavy atom. The van der Waals surface area contributed by atoms with Gasteiger partial charge in [0.1, 0.15) is 0 Å². The highest BCUT2D eigenvalue weighted by Crippen LogP contribution is 2.22. The number of aromatic amines is 1. The molecule has 0 bridgehead atoms. The van der Waals surface area contributed by atoms with E-state index in [4.69, 9.17) is 0 Å². The Hall–Kier alpha value is -2.63. The highest BCUT2D eigenvalue weighted by molar-refractivity contribution is 5.83. The Morgan fingerprint density at radius 3 is 3.23 bits per heavy atom. The summed E-state index contributed by atoms with van der Waals surface area (Å²) in [4.78, 5) is 14.4. The van der Waals surface area contributed by atoms with Crippen molar-refractivity contribution >= 4 is 16.8 Å². The van der Waals surface area contributed by atoms with E-state index in [9.17, 15) is 4.79 Å². The molecule has 2 aromatic heterocycles. The molecular weight excluding hydrogens is 278 g/mol. The van der Waals surface area contributed by atoms with E-state index in [1.165, 1.54) is 0 Å². The Bertz CT molecular complexity index is 792. The van der Waals surface area contributed by atoms with Gasteiger partial charge >= 0.3 is 0 Å². The topological polar surface area (TPSA) is 66.8 Å². The number of carbonyl (C=O) groups excluding carboxylic acids is 1. The van der Waals surface area contributed by atoms with E-state index in [0.717, 1.165) is 36.0 Å². The van der Waals surface area contributed by atoms with Crippen LogP contribution in [0.15, 0.2) is 42.9 Å². The van der Waals surface area contributed by atoms with Crippen molar-refractivity contribution in [2.24, 2.45) is 0 Å². The smallest absolute Gasteiger partial charge is 0.227 e. The molecule has 1 N–H and O–H groups in total. The van der Waals surface area contributed by atoms with Crippen LogP contribution < -0.4 is 0 Å². The molecular formula is C16H17N5O. The number of nitrogens with zero attached hydrogens (tertiary/aromatic N) is 4. The summed E-state index contributed by atoms with van der Waals surface area (Å²) in [7, 11) is 0. The molecule has 0 radical (unpaired) electrons. The minimum atomic E-state index is 0.175. The molecule has 1 amide bonds. The van der Waals surface area contributed by atoms with Gasteiger partial charge in [-0.1, -0.05) is 12.1 Å². The van der Waals surface area contributed by atoms with Crippen LogP contribution in [0.2, 0.25) is 0 Å². The van der Waals surface area contributed by atoms with Gasteiger partial charge in [-0.2, -0.15) is 10.2 Å². The van der Waals surface area contributed by atoms with E-state index < -0.39 is 0 Å². The Morgan fingerprint density at radius 2 is 2.36 bits per heavy atom. The fourth-order valence-corrected chi connectivity index (χ4v) is 3.06. The third kappa shape index (κ3) is 2.36. The van der Waals surface area contributed by atoms with Gasteiger partial charge in [0, 0.05) is 30.9 Å². The first kappa shape index (κ1) is 13.1. The number of carbonyl (C=O) groups is 1. The van der Waals surface area contributed by atoms with Gasteiger partial charge in [0.25, 0.3) is 0 Å². The first-order valence-electron chi connectivity index (χ1n) is 7.48. The summed E-state index contributed by atoms with van der Waals surface area (Å²) in [6.07, 6.45) is 6.93. The lowest BCUT2D eigenvalue weighted by atomic mass is 10.1. The van der Waals surface area contributed by atoms with Gasteiger partial charge in [0.2, 0.25) is 5.91 Å². The van der Waals surface area contributed by atoms with Crippen molar-refractivity contribution in [2.75, 3.05) is 13.1 Å². The molecule has 6 heteroatoms. The standard InChI is InChI=1S/C16H17N5O/c22-16(9-12-2-3-13-10-17-19-15(13)8-12)20-7-4-14(11-20)21-6-1-5-18-21/h1-3,5-6,8,10,14H,4,7,9,11H2,(H,17,19)/t14-/m0/s1. The fraction of sp³-hybridized carbons (Fsp3) is 0.312. The molecule has 1 atom stereocenters. The van der Waals surface area contributed by atoms with Crippen molar-refractivity contribution in [2.45, 2.75) is 18.9 Å².